The molecule has 0 saturated heterocycles. The fraction of sp³-hybridized carbons (Fsp3) is 0.667. The second kappa shape index (κ2) is 7.06. The molecule has 0 saturated carbocycles. The molecule has 96 valence electrons. The molecule has 0 aromatic carbocycles. The Morgan fingerprint density at radius 1 is 1.41 bits per heavy atom. The number of aromatic nitrogens is 2. The van der Waals surface area contributed by atoms with Gasteiger partial charge in [0, 0.05) is 38.6 Å². The van der Waals surface area contributed by atoms with Gasteiger partial charge in [-0.1, -0.05) is 6.92 Å². The molecule has 0 fully saturated rings. The van der Waals surface area contributed by atoms with E-state index in [1.54, 1.807) is 17.0 Å². The van der Waals surface area contributed by atoms with Crippen molar-refractivity contribution in [3.63, 3.8) is 0 Å². The van der Waals surface area contributed by atoms with Gasteiger partial charge in [-0.2, -0.15) is 0 Å². The lowest BCUT2D eigenvalue weighted by Gasteiger charge is -2.22. The van der Waals surface area contributed by atoms with Crippen LogP contribution in [0.3, 0.4) is 0 Å². The quantitative estimate of drug-likeness (QED) is 0.759. The highest BCUT2D eigenvalue weighted by molar-refractivity contribution is 5.35. The number of anilines is 1. The number of nitrogens with zero attached hydrogens (tertiary/aromatic N) is 3. The molecule has 0 radical (unpaired) electrons. The second-order valence-electron chi connectivity index (χ2n) is 3.93. The van der Waals surface area contributed by atoms with Crippen LogP contribution >= 0.6 is 0 Å². The van der Waals surface area contributed by atoms with Crippen LogP contribution in [0.5, 0.6) is 0 Å². The summed E-state index contributed by atoms with van der Waals surface area (Å²) >= 11 is 0. The maximum atomic E-state index is 12.1. The first-order valence-corrected chi connectivity index (χ1v) is 6.19. The molecule has 5 nitrogen and oxygen atoms in total. The lowest BCUT2D eigenvalue weighted by molar-refractivity contribution is 0.671. The molecule has 0 amide bonds. The first-order valence-electron chi connectivity index (χ1n) is 6.19. The Kier molecular flexibility index (Phi) is 5.69. The number of hydrogen-bond donors (Lipinski definition) is 1. The van der Waals surface area contributed by atoms with Crippen molar-refractivity contribution in [2.24, 2.45) is 0 Å². The van der Waals surface area contributed by atoms with E-state index in [4.69, 9.17) is 0 Å². The van der Waals surface area contributed by atoms with Gasteiger partial charge in [-0.3, -0.25) is 4.79 Å². The van der Waals surface area contributed by atoms with Gasteiger partial charge in [0.05, 0.1) is 0 Å². The Morgan fingerprint density at radius 2 is 2.18 bits per heavy atom. The third-order valence-corrected chi connectivity index (χ3v) is 2.66. The Balaban J connectivity index is 2.96. The molecule has 0 spiro atoms. The van der Waals surface area contributed by atoms with Gasteiger partial charge in [0.15, 0.2) is 5.82 Å². The van der Waals surface area contributed by atoms with Crippen LogP contribution in [0.15, 0.2) is 17.2 Å². The van der Waals surface area contributed by atoms with E-state index in [9.17, 15) is 4.79 Å². The van der Waals surface area contributed by atoms with E-state index in [-0.39, 0.29) is 5.56 Å². The summed E-state index contributed by atoms with van der Waals surface area (Å²) in [5.41, 5.74) is -0.000414. The summed E-state index contributed by atoms with van der Waals surface area (Å²) in [5.74, 6) is 0.562. The van der Waals surface area contributed by atoms with E-state index >= 15 is 0 Å². The summed E-state index contributed by atoms with van der Waals surface area (Å²) in [6.07, 6.45) is 4.43. The maximum absolute atomic E-state index is 12.1. The monoisotopic (exact) mass is 238 g/mol. The van der Waals surface area contributed by atoms with Gasteiger partial charge < -0.3 is 14.8 Å². The fourth-order valence-electron chi connectivity index (χ4n) is 1.74. The van der Waals surface area contributed by atoms with Gasteiger partial charge in [-0.25, -0.2) is 4.98 Å². The minimum absolute atomic E-state index is 0.000414. The third-order valence-electron chi connectivity index (χ3n) is 2.66. The zero-order valence-corrected chi connectivity index (χ0v) is 10.9. The number of nitrogens with one attached hydrogen (secondary N) is 1. The summed E-state index contributed by atoms with van der Waals surface area (Å²) in [4.78, 5) is 18.4. The van der Waals surface area contributed by atoms with E-state index in [0.29, 0.717) is 12.4 Å². The van der Waals surface area contributed by atoms with Gasteiger partial charge in [0.2, 0.25) is 0 Å². The normalized spacial score (nSPS) is 10.5. The second-order valence-corrected chi connectivity index (χ2v) is 3.93. The zero-order valence-electron chi connectivity index (χ0n) is 10.9. The molecule has 1 N–H and O–H groups in total. The third kappa shape index (κ3) is 3.56. The van der Waals surface area contributed by atoms with Gasteiger partial charge in [-0.15, -0.1) is 0 Å². The summed E-state index contributed by atoms with van der Waals surface area (Å²) < 4.78 is 1.68. The molecular weight excluding hydrogens is 216 g/mol. The summed E-state index contributed by atoms with van der Waals surface area (Å²) in [6.45, 7) is 7.26. The summed E-state index contributed by atoms with van der Waals surface area (Å²) in [7, 11) is 1.91. The summed E-state index contributed by atoms with van der Waals surface area (Å²) in [5, 5.41) is 3.10. The highest BCUT2D eigenvalue weighted by Gasteiger charge is 2.11. The van der Waals surface area contributed by atoms with Crippen molar-refractivity contribution < 1.29 is 0 Å². The number of hydrogen-bond acceptors (Lipinski definition) is 4. The SMILES string of the molecule is CCCN(CCNC)c1nccn(CC)c1=O. The Labute approximate surface area is 102 Å². The van der Waals surface area contributed by atoms with Crippen LogP contribution in [-0.2, 0) is 6.54 Å². The molecule has 1 aromatic heterocycles. The standard InChI is InChI=1S/C12H22N4O/c1-4-8-16(9-6-13-3)11-12(17)15(5-2)10-7-14-11/h7,10,13H,4-6,8-9H2,1-3H3. The van der Waals surface area contributed by atoms with Crippen molar-refractivity contribution in [3.05, 3.63) is 22.7 Å². The van der Waals surface area contributed by atoms with Gasteiger partial charge in [-0.05, 0) is 20.4 Å². The lowest BCUT2D eigenvalue weighted by Crippen LogP contribution is -2.37. The average Bonchev–Trinajstić information content (AvgIpc) is 2.35. The van der Waals surface area contributed by atoms with Crippen LogP contribution in [0, 0.1) is 0 Å². The first-order chi connectivity index (χ1) is 8.24. The zero-order chi connectivity index (χ0) is 12.7. The molecule has 0 aliphatic carbocycles. The molecule has 1 heterocycles. The summed E-state index contributed by atoms with van der Waals surface area (Å²) in [6, 6.07) is 0. The average molecular weight is 238 g/mol. The number of likely N-dealkylation sites (N-methyl/N-ethyl adjacent to an activating group) is 1. The van der Waals surface area contributed by atoms with E-state index < -0.39 is 0 Å². The van der Waals surface area contributed by atoms with Crippen LogP contribution in [0.1, 0.15) is 20.3 Å². The van der Waals surface area contributed by atoms with Crippen LogP contribution in [0.2, 0.25) is 0 Å². The maximum Gasteiger partial charge on any atom is 0.293 e. The van der Waals surface area contributed by atoms with Crippen LogP contribution in [-0.4, -0.2) is 36.2 Å². The predicted molar refractivity (Wildman–Crippen MR) is 70.6 cm³/mol. The Bertz CT molecular complexity index is 388. The van der Waals surface area contributed by atoms with Crippen molar-refractivity contribution in [1.29, 1.82) is 0 Å². The van der Waals surface area contributed by atoms with Crippen LogP contribution in [0.4, 0.5) is 5.82 Å². The van der Waals surface area contributed by atoms with E-state index in [2.05, 4.69) is 17.2 Å². The van der Waals surface area contributed by atoms with Crippen LogP contribution < -0.4 is 15.8 Å². The highest BCUT2D eigenvalue weighted by Crippen LogP contribution is 2.03. The van der Waals surface area contributed by atoms with Gasteiger partial charge in [0.25, 0.3) is 5.56 Å². The van der Waals surface area contributed by atoms with Crippen molar-refractivity contribution in [2.45, 2.75) is 26.8 Å². The van der Waals surface area contributed by atoms with E-state index in [1.165, 1.54) is 0 Å². The predicted octanol–water partition coefficient (Wildman–Crippen LogP) is 0.699. The van der Waals surface area contributed by atoms with Crippen LogP contribution in [0.25, 0.3) is 0 Å². The number of rotatable bonds is 7. The molecular formula is C12H22N4O. The molecule has 1 aromatic rings. The number of aryl methyl sites for hydroxylation is 1. The Morgan fingerprint density at radius 3 is 2.76 bits per heavy atom. The molecule has 0 atom stereocenters. The van der Waals surface area contributed by atoms with Crippen molar-refractivity contribution >= 4 is 5.82 Å². The van der Waals surface area contributed by atoms with Gasteiger partial charge >= 0.3 is 0 Å². The van der Waals surface area contributed by atoms with Crippen molar-refractivity contribution in [1.82, 2.24) is 14.9 Å². The first kappa shape index (κ1) is 13.7. The van der Waals surface area contributed by atoms with E-state index in [1.807, 2.05) is 18.9 Å². The molecule has 17 heavy (non-hydrogen) atoms. The molecule has 0 unspecified atom stereocenters. The fourth-order valence-corrected chi connectivity index (χ4v) is 1.74. The molecule has 0 bridgehead atoms. The molecule has 0 aliphatic rings. The Hall–Kier alpha value is -1.36. The minimum atomic E-state index is -0.000414. The lowest BCUT2D eigenvalue weighted by atomic mass is 10.4. The van der Waals surface area contributed by atoms with E-state index in [0.717, 1.165) is 26.1 Å². The van der Waals surface area contributed by atoms with Crippen molar-refractivity contribution in [3.8, 4) is 0 Å². The molecule has 5 heteroatoms. The molecule has 0 aliphatic heterocycles. The van der Waals surface area contributed by atoms with Gasteiger partial charge in [0.1, 0.15) is 0 Å². The topological polar surface area (TPSA) is 50.2 Å². The smallest absolute Gasteiger partial charge is 0.293 e. The molecule has 1 rings (SSSR count). The largest absolute Gasteiger partial charge is 0.351 e. The van der Waals surface area contributed by atoms with Crippen molar-refractivity contribution in [2.75, 3.05) is 31.6 Å². The minimum Gasteiger partial charge on any atom is -0.351 e. The highest BCUT2D eigenvalue weighted by atomic mass is 16.1.